The molecule has 0 saturated carbocycles. The summed E-state index contributed by atoms with van der Waals surface area (Å²) in [6, 6.07) is 5.59. The Morgan fingerprint density at radius 1 is 1.05 bits per heavy atom. The van der Waals surface area contributed by atoms with Crippen molar-refractivity contribution in [3.05, 3.63) is 30.3 Å². The molecule has 7 heteroatoms. The van der Waals surface area contributed by atoms with Gasteiger partial charge in [-0.2, -0.15) is 10.2 Å². The van der Waals surface area contributed by atoms with Crippen LogP contribution in [0.1, 0.15) is 0 Å². The summed E-state index contributed by atoms with van der Waals surface area (Å²) in [7, 11) is 0. The maximum Gasteiger partial charge on any atom is 0.263 e. The summed E-state index contributed by atoms with van der Waals surface area (Å²) in [5, 5.41) is 6.90. The number of nitrogens with zero attached hydrogens (tertiary/aromatic N) is 3. The molecule has 2 aliphatic rings. The fourth-order valence-corrected chi connectivity index (χ4v) is 2.39. The number of carbonyl (C=O) groups is 2. The minimum Gasteiger partial charge on any atom is -0.274 e. The average Bonchev–Trinajstić information content (AvgIpc) is 2.93. The Bertz CT molecular complexity index is 561. The average molecular weight is 265 g/mol. The number of carbonyl (C=O) groups excluding carboxylic acids is 2. The van der Waals surface area contributed by atoms with Crippen LogP contribution >= 0.6 is 0 Å². The van der Waals surface area contributed by atoms with E-state index in [1.165, 1.54) is 0 Å². The molecule has 1 aromatic carbocycles. The third-order valence-corrected chi connectivity index (χ3v) is 3.28. The van der Waals surface area contributed by atoms with Gasteiger partial charge in [0.2, 0.25) is 5.91 Å². The van der Waals surface area contributed by atoms with E-state index in [1.807, 2.05) is 0 Å². The summed E-state index contributed by atoms with van der Waals surface area (Å²) >= 11 is 0. The molecule has 0 bridgehead atoms. The number of fused-ring (bicyclic) bond motifs is 1. The summed E-state index contributed by atoms with van der Waals surface area (Å²) in [5.41, 5.74) is 0.370. The van der Waals surface area contributed by atoms with Crippen LogP contribution < -0.4 is 4.90 Å². The van der Waals surface area contributed by atoms with Gasteiger partial charge in [-0.25, -0.2) is 13.7 Å². The van der Waals surface area contributed by atoms with Crippen LogP contribution in [-0.4, -0.2) is 30.3 Å². The van der Waals surface area contributed by atoms with Crippen molar-refractivity contribution < 1.29 is 18.4 Å². The van der Waals surface area contributed by atoms with E-state index in [1.54, 1.807) is 30.3 Å². The lowest BCUT2D eigenvalue weighted by Crippen LogP contribution is -2.35. The number of alkyl halides is 2. The molecular weight excluding hydrogens is 256 g/mol. The van der Waals surface area contributed by atoms with Gasteiger partial charge in [-0.15, -0.1) is 0 Å². The number of para-hydroxylation sites is 1. The molecule has 0 spiro atoms. The number of imide groups is 1. The van der Waals surface area contributed by atoms with Crippen LogP contribution in [0.5, 0.6) is 0 Å². The third kappa shape index (κ3) is 1.65. The molecule has 0 aromatic heterocycles. The lowest BCUT2D eigenvalue weighted by atomic mass is 9.97. The number of rotatable bonds is 2. The zero-order chi connectivity index (χ0) is 13.6. The van der Waals surface area contributed by atoms with Crippen LogP contribution in [0.3, 0.4) is 0 Å². The van der Waals surface area contributed by atoms with Crippen molar-refractivity contribution in [1.29, 1.82) is 0 Å². The maximum atomic E-state index is 12.8. The molecule has 1 saturated heterocycles. The van der Waals surface area contributed by atoms with E-state index in [0.717, 1.165) is 4.90 Å². The summed E-state index contributed by atoms with van der Waals surface area (Å²) in [6.45, 7) is 0. The number of benzene rings is 1. The summed E-state index contributed by atoms with van der Waals surface area (Å²) in [6.07, 6.45) is -2.80. The van der Waals surface area contributed by atoms with Crippen molar-refractivity contribution in [2.45, 2.75) is 18.5 Å². The molecule has 1 fully saturated rings. The highest BCUT2D eigenvalue weighted by Crippen LogP contribution is 2.37. The van der Waals surface area contributed by atoms with Gasteiger partial charge in [0, 0.05) is 0 Å². The van der Waals surface area contributed by atoms with Gasteiger partial charge in [0.1, 0.15) is 12.0 Å². The van der Waals surface area contributed by atoms with Gasteiger partial charge in [-0.3, -0.25) is 9.59 Å². The van der Waals surface area contributed by atoms with Crippen LogP contribution in [0, 0.1) is 5.92 Å². The van der Waals surface area contributed by atoms with Crippen molar-refractivity contribution >= 4 is 17.5 Å². The van der Waals surface area contributed by atoms with Gasteiger partial charge in [0.05, 0.1) is 5.69 Å². The molecule has 3 rings (SSSR count). The first-order valence-electron chi connectivity index (χ1n) is 5.72. The molecule has 0 N–H and O–H groups in total. The largest absolute Gasteiger partial charge is 0.274 e. The second kappa shape index (κ2) is 4.18. The topological polar surface area (TPSA) is 62.1 Å². The number of anilines is 1. The molecule has 2 amide bonds. The standard InChI is InChI=1S/C12H9F2N3O2/c13-10(14)8-7-9(16-15-8)12(19)17(11(7)18)6-4-2-1-3-5-6/h1-5,7-10H. The van der Waals surface area contributed by atoms with Gasteiger partial charge in [-0.05, 0) is 12.1 Å². The Morgan fingerprint density at radius 3 is 2.37 bits per heavy atom. The Hall–Kier alpha value is -2.18. The molecule has 19 heavy (non-hydrogen) atoms. The van der Waals surface area contributed by atoms with E-state index in [0.29, 0.717) is 5.69 Å². The van der Waals surface area contributed by atoms with Crippen LogP contribution in [0.15, 0.2) is 40.6 Å². The van der Waals surface area contributed by atoms with E-state index in [9.17, 15) is 18.4 Å². The fourth-order valence-electron chi connectivity index (χ4n) is 2.39. The second-order valence-electron chi connectivity index (χ2n) is 4.37. The summed E-state index contributed by atoms with van der Waals surface area (Å²) in [5.74, 6) is -2.42. The predicted molar refractivity (Wildman–Crippen MR) is 60.9 cm³/mol. The third-order valence-electron chi connectivity index (χ3n) is 3.28. The highest BCUT2D eigenvalue weighted by atomic mass is 19.3. The number of halogens is 2. The normalized spacial score (nSPS) is 29.4. The van der Waals surface area contributed by atoms with Gasteiger partial charge >= 0.3 is 0 Å². The Labute approximate surface area is 106 Å². The van der Waals surface area contributed by atoms with Crippen LogP contribution in [0.4, 0.5) is 14.5 Å². The summed E-state index contributed by atoms with van der Waals surface area (Å²) < 4.78 is 25.5. The zero-order valence-electron chi connectivity index (χ0n) is 9.61. The second-order valence-corrected chi connectivity index (χ2v) is 4.37. The van der Waals surface area contributed by atoms with Crippen molar-refractivity contribution in [3.63, 3.8) is 0 Å². The minimum atomic E-state index is -2.80. The first kappa shape index (κ1) is 11.9. The predicted octanol–water partition coefficient (Wildman–Crippen LogP) is 1.64. The molecule has 5 nitrogen and oxygen atoms in total. The van der Waals surface area contributed by atoms with Crippen molar-refractivity contribution in [2.24, 2.45) is 16.1 Å². The van der Waals surface area contributed by atoms with E-state index >= 15 is 0 Å². The SMILES string of the molecule is O=C1C2N=NC(C(F)F)C2C(=O)N1c1ccccc1. The number of azo groups is 1. The van der Waals surface area contributed by atoms with Crippen LogP contribution in [0.2, 0.25) is 0 Å². The van der Waals surface area contributed by atoms with Gasteiger partial charge in [0.15, 0.2) is 6.04 Å². The smallest absolute Gasteiger partial charge is 0.263 e. The lowest BCUT2D eigenvalue weighted by Gasteiger charge is -2.16. The molecule has 3 atom stereocenters. The first-order valence-corrected chi connectivity index (χ1v) is 5.72. The highest BCUT2D eigenvalue weighted by molar-refractivity contribution is 6.24. The van der Waals surface area contributed by atoms with E-state index in [2.05, 4.69) is 10.2 Å². The Morgan fingerprint density at radius 2 is 1.74 bits per heavy atom. The Balaban J connectivity index is 1.97. The number of hydrogen-bond acceptors (Lipinski definition) is 4. The van der Waals surface area contributed by atoms with Crippen molar-refractivity contribution in [1.82, 2.24) is 0 Å². The molecule has 98 valence electrons. The quantitative estimate of drug-likeness (QED) is 0.763. The first-order chi connectivity index (χ1) is 9.11. The van der Waals surface area contributed by atoms with Gasteiger partial charge < -0.3 is 0 Å². The van der Waals surface area contributed by atoms with Gasteiger partial charge in [-0.1, -0.05) is 18.2 Å². The van der Waals surface area contributed by atoms with E-state index in [4.69, 9.17) is 0 Å². The molecule has 2 aliphatic heterocycles. The maximum absolute atomic E-state index is 12.8. The molecule has 2 heterocycles. The fraction of sp³-hybridized carbons (Fsp3) is 0.333. The molecular formula is C12H9F2N3O2. The van der Waals surface area contributed by atoms with Gasteiger partial charge in [0.25, 0.3) is 12.3 Å². The molecule has 1 aromatic rings. The summed E-state index contributed by atoms with van der Waals surface area (Å²) in [4.78, 5) is 25.2. The lowest BCUT2D eigenvalue weighted by molar-refractivity contribution is -0.123. The van der Waals surface area contributed by atoms with Crippen LogP contribution in [0.25, 0.3) is 0 Å². The molecule has 3 unspecified atom stereocenters. The minimum absolute atomic E-state index is 0.370. The molecule has 0 radical (unpaired) electrons. The number of hydrogen-bond donors (Lipinski definition) is 0. The van der Waals surface area contributed by atoms with Crippen molar-refractivity contribution in [3.8, 4) is 0 Å². The monoisotopic (exact) mass is 265 g/mol. The zero-order valence-corrected chi connectivity index (χ0v) is 9.61. The van der Waals surface area contributed by atoms with Crippen LogP contribution in [-0.2, 0) is 9.59 Å². The molecule has 0 aliphatic carbocycles. The van der Waals surface area contributed by atoms with Crippen molar-refractivity contribution in [2.75, 3.05) is 4.90 Å². The Kier molecular flexibility index (Phi) is 2.62. The highest BCUT2D eigenvalue weighted by Gasteiger charge is 2.57. The van der Waals surface area contributed by atoms with E-state index < -0.39 is 36.2 Å². The van der Waals surface area contributed by atoms with E-state index in [-0.39, 0.29) is 0 Å². The number of amides is 2.